The van der Waals surface area contributed by atoms with Crippen LogP contribution in [0.15, 0.2) is 48.5 Å². The van der Waals surface area contributed by atoms with E-state index in [9.17, 15) is 17.6 Å². The molecule has 1 N–H and O–H groups in total. The van der Waals surface area contributed by atoms with Gasteiger partial charge in [0.15, 0.2) is 0 Å². The monoisotopic (exact) mass is 394 g/mol. The summed E-state index contributed by atoms with van der Waals surface area (Å²) in [4.78, 5) is 12.2. The standard InChI is InChI=1S/C19H23FN2O4S/c1-3-26-18-8-5-4-7-17(18)21-19(23)9-6-14-22(27(2,24)25)16-12-10-15(20)11-13-16/h4-5,7-8,10-13H,3,6,9,14H2,1-2H3,(H,21,23). The van der Waals surface area contributed by atoms with Gasteiger partial charge in [0.25, 0.3) is 0 Å². The largest absolute Gasteiger partial charge is 0.492 e. The van der Waals surface area contributed by atoms with Crippen LogP contribution in [0.5, 0.6) is 5.75 Å². The minimum absolute atomic E-state index is 0.116. The van der Waals surface area contributed by atoms with Gasteiger partial charge in [-0.2, -0.15) is 0 Å². The Hall–Kier alpha value is -2.61. The van der Waals surface area contributed by atoms with Crippen molar-refractivity contribution in [2.75, 3.05) is 29.0 Å². The van der Waals surface area contributed by atoms with Crippen LogP contribution in [0.25, 0.3) is 0 Å². The number of anilines is 2. The number of sulfonamides is 1. The van der Waals surface area contributed by atoms with Crippen molar-refractivity contribution in [1.82, 2.24) is 0 Å². The molecule has 8 heteroatoms. The van der Waals surface area contributed by atoms with E-state index in [1.807, 2.05) is 13.0 Å². The first-order valence-electron chi connectivity index (χ1n) is 8.56. The molecule has 0 aromatic heterocycles. The van der Waals surface area contributed by atoms with Gasteiger partial charge in [0, 0.05) is 13.0 Å². The summed E-state index contributed by atoms with van der Waals surface area (Å²) in [6.45, 7) is 2.45. The third-order valence-corrected chi connectivity index (χ3v) is 4.94. The highest BCUT2D eigenvalue weighted by Crippen LogP contribution is 2.24. The maximum atomic E-state index is 13.1. The van der Waals surface area contributed by atoms with Crippen LogP contribution in [0.3, 0.4) is 0 Å². The molecule has 0 atom stereocenters. The Labute approximate surface area is 159 Å². The first kappa shape index (κ1) is 20.7. The van der Waals surface area contributed by atoms with E-state index >= 15 is 0 Å². The lowest BCUT2D eigenvalue weighted by atomic mass is 10.2. The van der Waals surface area contributed by atoms with Gasteiger partial charge < -0.3 is 10.1 Å². The molecular weight excluding hydrogens is 371 g/mol. The molecule has 1 amide bonds. The second-order valence-corrected chi connectivity index (χ2v) is 7.80. The molecule has 2 aromatic rings. The Morgan fingerprint density at radius 2 is 1.81 bits per heavy atom. The van der Waals surface area contributed by atoms with Gasteiger partial charge in [0.05, 0.1) is 24.2 Å². The second kappa shape index (κ2) is 9.36. The molecule has 2 aromatic carbocycles. The van der Waals surface area contributed by atoms with E-state index in [4.69, 9.17) is 4.74 Å². The summed E-state index contributed by atoms with van der Waals surface area (Å²) >= 11 is 0. The fourth-order valence-electron chi connectivity index (χ4n) is 2.54. The van der Waals surface area contributed by atoms with Gasteiger partial charge in [-0.15, -0.1) is 0 Å². The Morgan fingerprint density at radius 3 is 2.44 bits per heavy atom. The molecule has 146 valence electrons. The van der Waals surface area contributed by atoms with Crippen LogP contribution in [0.2, 0.25) is 0 Å². The van der Waals surface area contributed by atoms with Crippen molar-refractivity contribution in [3.8, 4) is 5.75 Å². The Morgan fingerprint density at radius 1 is 1.15 bits per heavy atom. The molecule has 0 bridgehead atoms. The van der Waals surface area contributed by atoms with E-state index in [0.29, 0.717) is 30.2 Å². The summed E-state index contributed by atoms with van der Waals surface area (Å²) in [6.07, 6.45) is 1.52. The minimum atomic E-state index is -3.54. The van der Waals surface area contributed by atoms with Crippen LogP contribution in [0, 0.1) is 5.82 Å². The molecule has 0 radical (unpaired) electrons. The maximum Gasteiger partial charge on any atom is 0.232 e. The molecular formula is C19H23FN2O4S. The molecule has 0 saturated heterocycles. The molecule has 0 aliphatic rings. The van der Waals surface area contributed by atoms with E-state index in [0.717, 1.165) is 10.6 Å². The molecule has 27 heavy (non-hydrogen) atoms. The zero-order valence-corrected chi connectivity index (χ0v) is 16.1. The Kier molecular flexibility index (Phi) is 7.18. The van der Waals surface area contributed by atoms with Gasteiger partial charge in [-0.1, -0.05) is 12.1 Å². The number of hydrogen-bond acceptors (Lipinski definition) is 4. The number of hydrogen-bond donors (Lipinski definition) is 1. The fourth-order valence-corrected chi connectivity index (χ4v) is 3.51. The van der Waals surface area contributed by atoms with Crippen molar-refractivity contribution in [1.29, 1.82) is 0 Å². The van der Waals surface area contributed by atoms with Gasteiger partial charge in [-0.05, 0) is 49.7 Å². The summed E-state index contributed by atoms with van der Waals surface area (Å²) in [7, 11) is -3.54. The number of carbonyl (C=O) groups is 1. The van der Waals surface area contributed by atoms with Crippen LogP contribution < -0.4 is 14.4 Å². The number of carbonyl (C=O) groups excluding carboxylic acids is 1. The number of para-hydroxylation sites is 2. The minimum Gasteiger partial charge on any atom is -0.492 e. The molecule has 0 aliphatic carbocycles. The predicted molar refractivity (Wildman–Crippen MR) is 104 cm³/mol. The summed E-state index contributed by atoms with van der Waals surface area (Å²) in [5.41, 5.74) is 0.934. The lowest BCUT2D eigenvalue weighted by Crippen LogP contribution is -2.31. The second-order valence-electron chi connectivity index (χ2n) is 5.89. The van der Waals surface area contributed by atoms with Crippen molar-refractivity contribution in [2.45, 2.75) is 19.8 Å². The summed E-state index contributed by atoms with van der Waals surface area (Å²) in [5.74, 6) is -0.105. The molecule has 0 saturated carbocycles. The molecule has 0 heterocycles. The quantitative estimate of drug-likeness (QED) is 0.707. The average Bonchev–Trinajstić information content (AvgIpc) is 2.61. The Bertz CT molecular complexity index is 870. The smallest absolute Gasteiger partial charge is 0.232 e. The summed E-state index contributed by atoms with van der Waals surface area (Å²) in [5, 5.41) is 2.77. The molecule has 0 unspecified atom stereocenters. The highest BCUT2D eigenvalue weighted by Gasteiger charge is 2.18. The number of nitrogens with one attached hydrogen (secondary N) is 1. The van der Waals surface area contributed by atoms with E-state index in [2.05, 4.69) is 5.32 Å². The number of rotatable bonds is 9. The third-order valence-electron chi connectivity index (χ3n) is 3.74. The highest BCUT2D eigenvalue weighted by molar-refractivity contribution is 7.92. The van der Waals surface area contributed by atoms with Crippen molar-refractivity contribution in [3.05, 3.63) is 54.3 Å². The van der Waals surface area contributed by atoms with Crippen LogP contribution in [0.4, 0.5) is 15.8 Å². The summed E-state index contributed by atoms with van der Waals surface area (Å²) in [6, 6.07) is 12.3. The number of ether oxygens (including phenoxy) is 1. The zero-order chi connectivity index (χ0) is 19.9. The normalized spacial score (nSPS) is 11.1. The van der Waals surface area contributed by atoms with Gasteiger partial charge in [-0.25, -0.2) is 12.8 Å². The predicted octanol–water partition coefficient (Wildman–Crippen LogP) is 3.41. The van der Waals surface area contributed by atoms with Gasteiger partial charge >= 0.3 is 0 Å². The molecule has 0 aliphatic heterocycles. The Balaban J connectivity index is 1.96. The van der Waals surface area contributed by atoms with Gasteiger partial charge in [0.2, 0.25) is 15.9 Å². The van der Waals surface area contributed by atoms with Crippen LogP contribution in [0.1, 0.15) is 19.8 Å². The highest BCUT2D eigenvalue weighted by atomic mass is 32.2. The van der Waals surface area contributed by atoms with E-state index in [-0.39, 0.29) is 18.9 Å². The topological polar surface area (TPSA) is 75.7 Å². The lowest BCUT2D eigenvalue weighted by molar-refractivity contribution is -0.116. The average molecular weight is 394 g/mol. The van der Waals surface area contributed by atoms with E-state index in [1.54, 1.807) is 18.2 Å². The van der Waals surface area contributed by atoms with Crippen molar-refractivity contribution < 1.29 is 22.3 Å². The van der Waals surface area contributed by atoms with E-state index < -0.39 is 15.8 Å². The van der Waals surface area contributed by atoms with E-state index in [1.165, 1.54) is 24.3 Å². The third kappa shape index (κ3) is 6.25. The first-order chi connectivity index (χ1) is 12.8. The number of halogens is 1. The molecule has 0 spiro atoms. The molecule has 0 fully saturated rings. The van der Waals surface area contributed by atoms with Gasteiger partial charge in [0.1, 0.15) is 11.6 Å². The summed E-state index contributed by atoms with van der Waals surface area (Å²) < 4.78 is 43.7. The zero-order valence-electron chi connectivity index (χ0n) is 15.3. The molecule has 2 rings (SSSR count). The lowest BCUT2D eigenvalue weighted by Gasteiger charge is -2.22. The van der Waals surface area contributed by atoms with Crippen LogP contribution >= 0.6 is 0 Å². The van der Waals surface area contributed by atoms with Crippen LogP contribution in [-0.4, -0.2) is 33.7 Å². The van der Waals surface area contributed by atoms with Gasteiger partial charge in [-0.3, -0.25) is 9.10 Å². The number of amides is 1. The fraction of sp³-hybridized carbons (Fsp3) is 0.316. The maximum absolute atomic E-state index is 13.1. The van der Waals surface area contributed by atoms with Crippen LogP contribution in [-0.2, 0) is 14.8 Å². The van der Waals surface area contributed by atoms with Crippen molar-refractivity contribution in [2.24, 2.45) is 0 Å². The number of nitrogens with zero attached hydrogens (tertiary/aromatic N) is 1. The van der Waals surface area contributed by atoms with Crippen molar-refractivity contribution >= 4 is 27.3 Å². The SMILES string of the molecule is CCOc1ccccc1NC(=O)CCCN(c1ccc(F)cc1)S(C)(=O)=O. The molecule has 6 nitrogen and oxygen atoms in total. The van der Waals surface area contributed by atoms with Crippen molar-refractivity contribution in [3.63, 3.8) is 0 Å². The first-order valence-corrected chi connectivity index (χ1v) is 10.4. The number of benzene rings is 2.